The van der Waals surface area contributed by atoms with E-state index in [9.17, 15) is 4.79 Å². The predicted molar refractivity (Wildman–Crippen MR) is 84.8 cm³/mol. The van der Waals surface area contributed by atoms with Crippen molar-refractivity contribution in [2.75, 3.05) is 0 Å². The van der Waals surface area contributed by atoms with E-state index in [0.717, 1.165) is 11.1 Å². The Balaban J connectivity index is 1.98. The summed E-state index contributed by atoms with van der Waals surface area (Å²) in [6, 6.07) is 16.6. The smallest absolute Gasteiger partial charge is 0.178 e. The molecule has 0 amide bonds. The maximum Gasteiger partial charge on any atom is 0.178 e. The molecule has 0 unspecified atom stereocenters. The first-order valence-corrected chi connectivity index (χ1v) is 6.38. The van der Waals surface area contributed by atoms with Gasteiger partial charge in [-0.25, -0.2) is 0 Å². The Morgan fingerprint density at radius 2 is 1.48 bits per heavy atom. The first kappa shape index (κ1) is 14.3. The molecule has 21 heavy (non-hydrogen) atoms. The average Bonchev–Trinajstić information content (AvgIpc) is 2.53. The molecule has 0 heterocycles. The van der Waals surface area contributed by atoms with Crippen LogP contribution in [0, 0.1) is 0 Å². The third kappa shape index (κ3) is 4.82. The van der Waals surface area contributed by atoms with Gasteiger partial charge in [0.25, 0.3) is 0 Å². The van der Waals surface area contributed by atoms with Crippen LogP contribution in [0.1, 0.15) is 11.1 Å². The Morgan fingerprint density at radius 3 is 2.05 bits per heavy atom. The second-order valence-electron chi connectivity index (χ2n) is 4.26. The van der Waals surface area contributed by atoms with E-state index >= 15 is 0 Å². The molecule has 0 aliphatic carbocycles. The summed E-state index contributed by atoms with van der Waals surface area (Å²) in [5.41, 5.74) is 10.7. The number of ketones is 1. The van der Waals surface area contributed by atoms with Crippen molar-refractivity contribution in [2.45, 2.75) is 0 Å². The molecule has 102 valence electrons. The zero-order valence-corrected chi connectivity index (χ0v) is 11.3. The van der Waals surface area contributed by atoms with Gasteiger partial charge in [0.2, 0.25) is 0 Å². The lowest BCUT2D eigenvalue weighted by atomic mass is 10.1. The van der Waals surface area contributed by atoms with E-state index in [1.807, 2.05) is 30.3 Å². The van der Waals surface area contributed by atoms with Crippen LogP contribution in [0.5, 0.6) is 0 Å². The molecule has 0 radical (unpaired) electrons. The molecular formula is C17H13N3O. The summed E-state index contributed by atoms with van der Waals surface area (Å²) >= 11 is 0. The molecule has 0 spiro atoms. The summed E-state index contributed by atoms with van der Waals surface area (Å²) in [7, 11) is 0. The Morgan fingerprint density at radius 1 is 0.905 bits per heavy atom. The van der Waals surface area contributed by atoms with E-state index in [-0.39, 0.29) is 5.78 Å². The Labute approximate surface area is 122 Å². The van der Waals surface area contributed by atoms with Gasteiger partial charge in [0.1, 0.15) is 0 Å². The van der Waals surface area contributed by atoms with Crippen LogP contribution in [-0.2, 0) is 4.79 Å². The number of hydrogen-bond donors (Lipinski definition) is 0. The van der Waals surface area contributed by atoms with E-state index in [2.05, 4.69) is 10.0 Å². The molecule has 0 aliphatic rings. The number of rotatable bonds is 5. The Bertz CT molecular complexity index is 709. The Hall–Kier alpha value is -3.10. The molecule has 4 heteroatoms. The van der Waals surface area contributed by atoms with Gasteiger partial charge in [0.05, 0.1) is 0 Å². The molecule has 0 saturated heterocycles. The highest BCUT2D eigenvalue weighted by molar-refractivity contribution is 6.04. The van der Waals surface area contributed by atoms with Crippen molar-refractivity contribution >= 4 is 23.6 Å². The van der Waals surface area contributed by atoms with Crippen LogP contribution in [0.25, 0.3) is 22.6 Å². The molecule has 0 fully saturated rings. The summed E-state index contributed by atoms with van der Waals surface area (Å²) in [5.74, 6) is -0.0852. The largest absolute Gasteiger partial charge is 0.290 e. The van der Waals surface area contributed by atoms with E-state index in [0.29, 0.717) is 5.69 Å². The minimum atomic E-state index is -0.0852. The van der Waals surface area contributed by atoms with Crippen LogP contribution in [0.15, 0.2) is 71.9 Å². The second-order valence-corrected chi connectivity index (χ2v) is 4.26. The first-order valence-electron chi connectivity index (χ1n) is 6.38. The number of hydrogen-bond acceptors (Lipinski definition) is 2. The molecular weight excluding hydrogens is 262 g/mol. The third-order valence-corrected chi connectivity index (χ3v) is 2.73. The zero-order chi connectivity index (χ0) is 14.9. The standard InChI is InChI=1S/C17H13N3O/c18-20-19-16-10-6-15(7-11-16)9-13-17(21)12-8-14-4-2-1-3-5-14/h1-13H/b12-8+,13-9+. The predicted octanol–water partition coefficient (Wildman–Crippen LogP) is 4.92. The highest BCUT2D eigenvalue weighted by atomic mass is 16.1. The maximum absolute atomic E-state index is 11.7. The van der Waals surface area contributed by atoms with E-state index in [4.69, 9.17) is 5.53 Å². The normalized spacial score (nSPS) is 10.7. The summed E-state index contributed by atoms with van der Waals surface area (Å²) in [4.78, 5) is 14.4. The summed E-state index contributed by atoms with van der Waals surface area (Å²) in [5, 5.41) is 3.48. The lowest BCUT2D eigenvalue weighted by Crippen LogP contribution is -1.84. The highest BCUT2D eigenvalue weighted by Gasteiger charge is 1.92. The van der Waals surface area contributed by atoms with E-state index in [1.165, 1.54) is 12.2 Å². The SMILES string of the molecule is [N-]=[N+]=Nc1ccc(/C=C/C(=O)/C=C/c2ccccc2)cc1. The molecule has 0 bridgehead atoms. The molecule has 0 aliphatic heterocycles. The molecule has 0 aromatic heterocycles. The molecule has 0 saturated carbocycles. The third-order valence-electron chi connectivity index (χ3n) is 2.73. The van der Waals surface area contributed by atoms with Crippen molar-refractivity contribution in [3.8, 4) is 0 Å². The van der Waals surface area contributed by atoms with Gasteiger partial charge < -0.3 is 0 Å². The van der Waals surface area contributed by atoms with Gasteiger partial charge in [-0.1, -0.05) is 71.9 Å². The lowest BCUT2D eigenvalue weighted by Gasteiger charge is -1.94. The topological polar surface area (TPSA) is 65.8 Å². The lowest BCUT2D eigenvalue weighted by molar-refractivity contribution is -0.110. The van der Waals surface area contributed by atoms with Crippen molar-refractivity contribution in [1.82, 2.24) is 0 Å². The summed E-state index contributed by atoms with van der Waals surface area (Å²) in [6.07, 6.45) is 6.52. The van der Waals surface area contributed by atoms with Gasteiger partial charge in [0.15, 0.2) is 5.78 Å². The van der Waals surface area contributed by atoms with Crippen LogP contribution >= 0.6 is 0 Å². The second kappa shape index (κ2) is 7.48. The van der Waals surface area contributed by atoms with E-state index < -0.39 is 0 Å². The number of carbonyl (C=O) groups excluding carboxylic acids is 1. The van der Waals surface area contributed by atoms with E-state index in [1.54, 1.807) is 36.4 Å². The van der Waals surface area contributed by atoms with Crippen molar-refractivity contribution < 1.29 is 4.79 Å². The van der Waals surface area contributed by atoms with Gasteiger partial charge >= 0.3 is 0 Å². The minimum Gasteiger partial charge on any atom is -0.290 e. The number of nitrogens with zero attached hydrogens (tertiary/aromatic N) is 3. The molecule has 4 nitrogen and oxygen atoms in total. The number of benzene rings is 2. The van der Waals surface area contributed by atoms with Crippen LogP contribution < -0.4 is 0 Å². The van der Waals surface area contributed by atoms with Gasteiger partial charge in [-0.05, 0) is 28.8 Å². The van der Waals surface area contributed by atoms with Crippen LogP contribution in [0.4, 0.5) is 5.69 Å². The molecule has 2 aromatic carbocycles. The van der Waals surface area contributed by atoms with Gasteiger partial charge in [-0.3, -0.25) is 4.79 Å². The maximum atomic E-state index is 11.7. The first-order chi connectivity index (χ1) is 10.3. The van der Waals surface area contributed by atoms with Gasteiger partial charge in [-0.2, -0.15) is 0 Å². The highest BCUT2D eigenvalue weighted by Crippen LogP contribution is 2.14. The van der Waals surface area contributed by atoms with Crippen LogP contribution in [0.3, 0.4) is 0 Å². The average molecular weight is 275 g/mol. The zero-order valence-electron chi connectivity index (χ0n) is 11.3. The molecule has 2 aromatic rings. The van der Waals surface area contributed by atoms with Crippen LogP contribution in [-0.4, -0.2) is 5.78 Å². The minimum absolute atomic E-state index is 0.0852. The van der Waals surface area contributed by atoms with Crippen molar-refractivity contribution in [3.05, 3.63) is 88.3 Å². The monoisotopic (exact) mass is 275 g/mol. The molecule has 0 atom stereocenters. The van der Waals surface area contributed by atoms with Crippen molar-refractivity contribution in [3.63, 3.8) is 0 Å². The van der Waals surface area contributed by atoms with Crippen LogP contribution in [0.2, 0.25) is 0 Å². The fourth-order valence-corrected chi connectivity index (χ4v) is 1.68. The summed E-state index contributed by atoms with van der Waals surface area (Å²) < 4.78 is 0. The molecule has 2 rings (SSSR count). The van der Waals surface area contributed by atoms with Crippen molar-refractivity contribution in [1.29, 1.82) is 0 Å². The number of azide groups is 1. The molecule has 0 N–H and O–H groups in total. The quantitative estimate of drug-likeness (QED) is 0.330. The number of allylic oxidation sites excluding steroid dienone is 2. The van der Waals surface area contributed by atoms with Gasteiger partial charge in [-0.15, -0.1) is 0 Å². The fourth-order valence-electron chi connectivity index (χ4n) is 1.68. The fraction of sp³-hybridized carbons (Fsp3) is 0. The Kier molecular flexibility index (Phi) is 5.10. The number of carbonyl (C=O) groups is 1. The summed E-state index contributed by atoms with van der Waals surface area (Å²) in [6.45, 7) is 0. The van der Waals surface area contributed by atoms with Crippen molar-refractivity contribution in [2.24, 2.45) is 5.11 Å². The van der Waals surface area contributed by atoms with Gasteiger partial charge in [0, 0.05) is 10.6 Å².